The predicted octanol–water partition coefficient (Wildman–Crippen LogP) is 2.56. The van der Waals surface area contributed by atoms with Gasteiger partial charge in [-0.1, -0.05) is 48.5 Å². The summed E-state index contributed by atoms with van der Waals surface area (Å²) in [7, 11) is -10.5. The van der Waals surface area contributed by atoms with Gasteiger partial charge in [-0.25, -0.2) is 24.1 Å². The number of anilines is 1. The molecule has 2 fully saturated rings. The van der Waals surface area contributed by atoms with Gasteiger partial charge < -0.3 is 34.2 Å². The van der Waals surface area contributed by atoms with Crippen LogP contribution in [-0.2, 0) is 38.6 Å². The Labute approximate surface area is 243 Å². The molecule has 0 bridgehead atoms. The van der Waals surface area contributed by atoms with E-state index >= 15 is 0 Å². The van der Waals surface area contributed by atoms with Gasteiger partial charge in [-0.15, -0.1) is 0 Å². The number of aromatic nitrogens is 4. The summed E-state index contributed by atoms with van der Waals surface area (Å²) < 4.78 is 51.9. The number of benzene rings is 2. The van der Waals surface area contributed by atoms with Crippen LogP contribution >= 0.6 is 15.6 Å². The molecule has 6 unspecified atom stereocenters. The maximum absolute atomic E-state index is 12.8. The van der Waals surface area contributed by atoms with Gasteiger partial charge in [0.25, 0.3) is 5.91 Å². The van der Waals surface area contributed by atoms with E-state index in [2.05, 4.69) is 24.6 Å². The summed E-state index contributed by atoms with van der Waals surface area (Å²) >= 11 is 0. The zero-order valence-corrected chi connectivity index (χ0v) is 23.8. The largest absolute Gasteiger partial charge is 0.481 e. The standard InChI is InChI=1S/C25H25N5O11P2/c31-24(16-9-5-2-6-10-16)29-22-19-23(27-13-26-22)30(14-28-19)25-21-20(39-18(40-21)11-15-7-3-1-4-8-15)17(38-25)12-37-43(35,36)41-42(32,33)34/h1-10,13-14,17-18,20-21,25H,11-12H2,(H,35,36)(H2,32,33,34)(H,26,27,29,31). The van der Waals surface area contributed by atoms with Gasteiger partial charge in [-0.3, -0.25) is 13.9 Å². The number of nitrogens with zero attached hydrogens (tertiary/aromatic N) is 4. The summed E-state index contributed by atoms with van der Waals surface area (Å²) in [6.07, 6.45) is -1.24. The van der Waals surface area contributed by atoms with Gasteiger partial charge in [0.15, 0.2) is 29.5 Å². The van der Waals surface area contributed by atoms with E-state index in [0.29, 0.717) is 12.0 Å². The molecule has 6 rings (SSSR count). The molecule has 16 nitrogen and oxygen atoms in total. The van der Waals surface area contributed by atoms with Crippen LogP contribution in [-0.4, -0.2) is 71.3 Å². The lowest BCUT2D eigenvalue weighted by Crippen LogP contribution is -2.31. The van der Waals surface area contributed by atoms with E-state index in [4.69, 9.17) is 28.5 Å². The quantitative estimate of drug-likeness (QED) is 0.185. The number of amides is 1. The fourth-order valence-electron chi connectivity index (χ4n) is 4.89. The van der Waals surface area contributed by atoms with Crippen molar-refractivity contribution in [3.63, 3.8) is 0 Å². The lowest BCUT2D eigenvalue weighted by Gasteiger charge is -2.22. The molecule has 6 atom stereocenters. The molecular formula is C25H25N5O11P2. The Hall–Kier alpha value is -3.40. The number of rotatable bonds is 10. The number of hydrogen-bond donors (Lipinski definition) is 4. The second-order valence-corrected chi connectivity index (χ2v) is 12.4. The molecule has 226 valence electrons. The average Bonchev–Trinajstić information content (AvgIpc) is 3.66. The first-order valence-corrected chi connectivity index (χ1v) is 15.9. The number of imidazole rings is 1. The minimum absolute atomic E-state index is 0.161. The van der Waals surface area contributed by atoms with Crippen LogP contribution in [0.4, 0.5) is 5.82 Å². The average molecular weight is 633 g/mol. The molecule has 2 aliphatic rings. The van der Waals surface area contributed by atoms with E-state index in [0.717, 1.165) is 5.56 Å². The first-order valence-electron chi connectivity index (χ1n) is 12.8. The lowest BCUT2D eigenvalue weighted by atomic mass is 10.1. The minimum Gasteiger partial charge on any atom is -0.347 e. The molecule has 2 aliphatic heterocycles. The Kier molecular flexibility index (Phi) is 8.24. The Morgan fingerprint density at radius 3 is 2.35 bits per heavy atom. The Morgan fingerprint density at radius 2 is 1.63 bits per heavy atom. The summed E-state index contributed by atoms with van der Waals surface area (Å²) in [5, 5.41) is 2.73. The van der Waals surface area contributed by atoms with Crippen molar-refractivity contribution in [2.24, 2.45) is 0 Å². The zero-order valence-electron chi connectivity index (χ0n) is 22.0. The van der Waals surface area contributed by atoms with Crippen molar-refractivity contribution < 1.29 is 51.6 Å². The summed E-state index contributed by atoms with van der Waals surface area (Å²) in [5.41, 5.74) is 1.91. The van der Waals surface area contributed by atoms with Gasteiger partial charge in [-0.05, 0) is 17.7 Å². The third-order valence-corrected chi connectivity index (χ3v) is 8.81. The smallest absolute Gasteiger partial charge is 0.347 e. The molecule has 0 radical (unpaired) electrons. The number of carbonyl (C=O) groups excluding carboxylic acids is 1. The van der Waals surface area contributed by atoms with E-state index in [9.17, 15) is 18.8 Å². The highest BCUT2D eigenvalue weighted by Gasteiger charge is 2.54. The molecule has 4 aromatic rings. The summed E-state index contributed by atoms with van der Waals surface area (Å²) in [4.78, 5) is 53.3. The molecular weight excluding hydrogens is 608 g/mol. The summed E-state index contributed by atoms with van der Waals surface area (Å²) in [6.45, 7) is -0.632. The minimum atomic E-state index is -5.32. The molecule has 43 heavy (non-hydrogen) atoms. The van der Waals surface area contributed by atoms with Gasteiger partial charge in [0, 0.05) is 12.0 Å². The molecule has 2 saturated heterocycles. The number of phosphoric ester groups is 1. The monoisotopic (exact) mass is 633 g/mol. The number of fused-ring (bicyclic) bond motifs is 2. The topological polar surface area (TPSA) is 214 Å². The number of hydrogen-bond acceptors (Lipinski definition) is 11. The predicted molar refractivity (Wildman–Crippen MR) is 146 cm³/mol. The highest BCUT2D eigenvalue weighted by molar-refractivity contribution is 7.60. The Morgan fingerprint density at radius 1 is 0.930 bits per heavy atom. The van der Waals surface area contributed by atoms with E-state index < -0.39 is 59.0 Å². The second-order valence-electron chi connectivity index (χ2n) is 9.59. The zero-order chi connectivity index (χ0) is 30.2. The van der Waals surface area contributed by atoms with Gasteiger partial charge in [-0.2, -0.15) is 4.31 Å². The van der Waals surface area contributed by atoms with E-state index in [-0.39, 0.29) is 17.0 Å². The van der Waals surface area contributed by atoms with Crippen LogP contribution in [0, 0.1) is 0 Å². The molecule has 1 amide bonds. The van der Waals surface area contributed by atoms with Crippen molar-refractivity contribution >= 4 is 38.5 Å². The van der Waals surface area contributed by atoms with Crippen LogP contribution in [0.25, 0.3) is 11.2 Å². The third kappa shape index (κ3) is 6.74. The molecule has 2 aromatic carbocycles. The SMILES string of the molecule is O=C(Nc1ncnc2c1ncn2C1OC(COP(=O)(O)OP(=O)(O)O)C2OC(Cc3ccccc3)OC21)c1ccccc1. The van der Waals surface area contributed by atoms with Crippen molar-refractivity contribution in [2.75, 3.05) is 11.9 Å². The molecule has 4 N–H and O–H groups in total. The third-order valence-electron chi connectivity index (χ3n) is 6.66. The van der Waals surface area contributed by atoms with Crippen molar-refractivity contribution in [1.82, 2.24) is 19.5 Å². The molecule has 0 aliphatic carbocycles. The van der Waals surface area contributed by atoms with Crippen LogP contribution in [0.15, 0.2) is 73.3 Å². The molecule has 0 saturated carbocycles. The lowest BCUT2D eigenvalue weighted by molar-refractivity contribution is -0.149. The van der Waals surface area contributed by atoms with Crippen LogP contribution in [0.2, 0.25) is 0 Å². The van der Waals surface area contributed by atoms with Crippen LogP contribution in [0.3, 0.4) is 0 Å². The fourth-order valence-corrected chi connectivity index (χ4v) is 6.48. The van der Waals surface area contributed by atoms with Crippen LogP contribution in [0.5, 0.6) is 0 Å². The van der Waals surface area contributed by atoms with E-state index in [1.807, 2.05) is 30.3 Å². The maximum atomic E-state index is 12.8. The van der Waals surface area contributed by atoms with Crippen molar-refractivity contribution in [3.8, 4) is 0 Å². The molecule has 2 aromatic heterocycles. The van der Waals surface area contributed by atoms with Crippen molar-refractivity contribution in [1.29, 1.82) is 0 Å². The normalized spacial score (nSPS) is 25.0. The van der Waals surface area contributed by atoms with Gasteiger partial charge in [0.2, 0.25) is 0 Å². The first kappa shape index (κ1) is 29.7. The number of ether oxygens (including phenoxy) is 3. The van der Waals surface area contributed by atoms with Crippen LogP contribution in [0.1, 0.15) is 22.1 Å². The Bertz CT molecular complexity index is 1700. The molecule has 18 heteroatoms. The van der Waals surface area contributed by atoms with Gasteiger partial charge >= 0.3 is 15.6 Å². The number of nitrogens with one attached hydrogen (secondary N) is 1. The number of carbonyl (C=O) groups is 1. The van der Waals surface area contributed by atoms with Crippen LogP contribution < -0.4 is 5.32 Å². The molecule has 4 heterocycles. The van der Waals surface area contributed by atoms with Gasteiger partial charge in [0.05, 0.1) is 12.9 Å². The number of phosphoric acid groups is 2. The summed E-state index contributed by atoms with van der Waals surface area (Å²) in [5.74, 6) is -0.236. The van der Waals surface area contributed by atoms with Crippen molar-refractivity contribution in [2.45, 2.75) is 37.3 Å². The second kappa shape index (κ2) is 11.9. The van der Waals surface area contributed by atoms with E-state index in [1.165, 1.54) is 12.7 Å². The van der Waals surface area contributed by atoms with Crippen molar-refractivity contribution in [3.05, 3.63) is 84.4 Å². The Balaban J connectivity index is 1.26. The highest BCUT2D eigenvalue weighted by Crippen LogP contribution is 2.58. The van der Waals surface area contributed by atoms with Gasteiger partial charge in [0.1, 0.15) is 24.6 Å². The van der Waals surface area contributed by atoms with E-state index in [1.54, 1.807) is 34.9 Å². The molecule has 0 spiro atoms. The maximum Gasteiger partial charge on any atom is 0.481 e. The first-order chi connectivity index (χ1) is 20.6. The summed E-state index contributed by atoms with van der Waals surface area (Å²) in [6, 6.07) is 18.0. The highest BCUT2D eigenvalue weighted by atomic mass is 31.3. The fraction of sp³-hybridized carbons (Fsp3) is 0.280.